The zero-order chi connectivity index (χ0) is 28.5. The maximum Gasteiger partial charge on any atom is 0.346 e. The summed E-state index contributed by atoms with van der Waals surface area (Å²) in [5, 5.41) is 15.9. The monoisotopic (exact) mass is 580 g/mol. The maximum atomic E-state index is 12.8. The van der Waals surface area contributed by atoms with Crippen LogP contribution in [0.1, 0.15) is 25.6 Å². The van der Waals surface area contributed by atoms with E-state index in [2.05, 4.69) is 20.4 Å². The van der Waals surface area contributed by atoms with E-state index in [1.54, 1.807) is 38.1 Å². The van der Waals surface area contributed by atoms with E-state index in [9.17, 15) is 9.59 Å². The van der Waals surface area contributed by atoms with Gasteiger partial charge in [-0.15, -0.1) is 20.4 Å². The minimum absolute atomic E-state index is 0.0478. The molecule has 4 aromatic rings. The number of hydrogen-bond donors (Lipinski definition) is 2. The number of ether oxygens (including phenoxy) is 2. The number of aromatic nitrogens is 4. The van der Waals surface area contributed by atoms with Gasteiger partial charge in [-0.2, -0.15) is 0 Å². The van der Waals surface area contributed by atoms with Crippen molar-refractivity contribution in [1.82, 2.24) is 20.4 Å². The molecule has 0 aliphatic rings. The van der Waals surface area contributed by atoms with Crippen molar-refractivity contribution in [2.75, 3.05) is 13.2 Å². The third-order valence-corrected chi connectivity index (χ3v) is 7.17. The van der Waals surface area contributed by atoms with Gasteiger partial charge in [-0.25, -0.2) is 9.59 Å². The first-order valence-electron chi connectivity index (χ1n) is 11.9. The smallest absolute Gasteiger partial charge is 0.346 e. The van der Waals surface area contributed by atoms with Crippen molar-refractivity contribution in [2.24, 2.45) is 11.5 Å². The predicted octanol–water partition coefficient (Wildman–Crippen LogP) is 4.25. The Labute approximate surface area is 236 Å². The molecule has 0 bridgehead atoms. The fourth-order valence-corrected chi connectivity index (χ4v) is 4.94. The highest BCUT2D eigenvalue weighted by atomic mass is 33.1. The van der Waals surface area contributed by atoms with Crippen molar-refractivity contribution in [2.45, 2.75) is 13.8 Å². The summed E-state index contributed by atoms with van der Waals surface area (Å²) < 4.78 is 21.8. The Balaban J connectivity index is 1.65. The van der Waals surface area contributed by atoms with Gasteiger partial charge in [0.2, 0.25) is 11.8 Å². The normalized spacial score (nSPS) is 12.3. The third kappa shape index (κ3) is 6.71. The van der Waals surface area contributed by atoms with Gasteiger partial charge in [0.05, 0.1) is 23.3 Å². The van der Waals surface area contributed by atoms with E-state index < -0.39 is 11.9 Å². The highest BCUT2D eigenvalue weighted by Gasteiger charge is 2.28. The third-order valence-electron chi connectivity index (χ3n) is 4.99. The molecular formula is C26H24N6O6S2. The summed E-state index contributed by atoms with van der Waals surface area (Å²) in [5.74, 6) is -1.43. The molecule has 0 aliphatic heterocycles. The average Bonchev–Trinajstić information content (AvgIpc) is 3.64. The molecule has 12 nitrogen and oxygen atoms in total. The zero-order valence-electron chi connectivity index (χ0n) is 21.4. The molecule has 0 unspecified atom stereocenters. The number of carbonyl (C=O) groups excluding carboxylic acids is 2. The fraction of sp³-hybridized carbons (Fsp3) is 0.154. The summed E-state index contributed by atoms with van der Waals surface area (Å²) in [6.07, 6.45) is 0. The standard InChI is InChI=1S/C26H24N6O6S2/c1-3-35-25(33)17(23-31-29-21(37-23)15-11-7-5-8-12-15)19(27)39-40-20(28)18(26(34)36-4-2)24-32-30-22(38-24)16-13-9-6-10-14-16/h5-14H,3-4,27-28H2,1-2H3. The first kappa shape index (κ1) is 28.4. The van der Waals surface area contributed by atoms with Crippen LogP contribution in [-0.4, -0.2) is 45.5 Å². The SMILES string of the molecule is CCOC(=O)C(=C(N)SSC(N)=C(C(=O)OCC)c1nnc(-c2ccccc2)o1)c1nnc(-c2ccccc2)o1. The quantitative estimate of drug-likeness (QED) is 0.146. The van der Waals surface area contributed by atoms with Crippen molar-refractivity contribution < 1.29 is 27.9 Å². The highest BCUT2D eigenvalue weighted by molar-refractivity contribution is 8.79. The highest BCUT2D eigenvalue weighted by Crippen LogP contribution is 2.39. The Kier molecular flexibility index (Phi) is 9.59. The van der Waals surface area contributed by atoms with E-state index in [1.807, 2.05) is 36.4 Å². The maximum absolute atomic E-state index is 12.8. The van der Waals surface area contributed by atoms with Crippen LogP contribution in [0.15, 0.2) is 79.6 Å². The van der Waals surface area contributed by atoms with E-state index in [-0.39, 0.29) is 58.0 Å². The Morgan fingerprint density at radius 3 is 1.40 bits per heavy atom. The van der Waals surface area contributed by atoms with Crippen LogP contribution in [0.25, 0.3) is 34.1 Å². The molecule has 0 aliphatic carbocycles. The minimum atomic E-state index is -0.770. The van der Waals surface area contributed by atoms with Gasteiger partial charge in [0.25, 0.3) is 11.8 Å². The second-order valence-corrected chi connectivity index (χ2v) is 9.86. The van der Waals surface area contributed by atoms with Crippen LogP contribution in [-0.2, 0) is 19.1 Å². The predicted molar refractivity (Wildman–Crippen MR) is 150 cm³/mol. The van der Waals surface area contributed by atoms with Crippen LogP contribution in [0.4, 0.5) is 0 Å². The molecular weight excluding hydrogens is 556 g/mol. The van der Waals surface area contributed by atoms with Crippen molar-refractivity contribution >= 4 is 44.7 Å². The Morgan fingerprint density at radius 2 is 1.05 bits per heavy atom. The number of benzene rings is 2. The Morgan fingerprint density at radius 1 is 0.675 bits per heavy atom. The van der Waals surface area contributed by atoms with Crippen molar-refractivity contribution in [3.05, 3.63) is 82.5 Å². The molecule has 0 fully saturated rings. The topological polar surface area (TPSA) is 182 Å². The number of nitrogens with two attached hydrogens (primary N) is 2. The molecule has 14 heteroatoms. The molecule has 0 atom stereocenters. The Hall–Kier alpha value is -4.56. The van der Waals surface area contributed by atoms with Crippen molar-refractivity contribution in [3.63, 3.8) is 0 Å². The van der Waals surface area contributed by atoms with Crippen LogP contribution in [0.3, 0.4) is 0 Å². The molecule has 0 amide bonds. The minimum Gasteiger partial charge on any atom is -0.462 e. The summed E-state index contributed by atoms with van der Waals surface area (Å²) >= 11 is 0. The summed E-state index contributed by atoms with van der Waals surface area (Å²) in [4.78, 5) is 25.6. The fourth-order valence-electron chi connectivity index (χ4n) is 3.21. The van der Waals surface area contributed by atoms with Crippen molar-refractivity contribution in [1.29, 1.82) is 0 Å². The number of hydrogen-bond acceptors (Lipinski definition) is 14. The Bertz CT molecular complexity index is 1420. The van der Waals surface area contributed by atoms with E-state index in [0.29, 0.717) is 11.1 Å². The van der Waals surface area contributed by atoms with Gasteiger partial charge in [0, 0.05) is 11.1 Å². The average molecular weight is 581 g/mol. The molecule has 0 spiro atoms. The lowest BCUT2D eigenvalue weighted by atomic mass is 10.2. The van der Waals surface area contributed by atoms with E-state index in [0.717, 1.165) is 21.6 Å². The molecule has 0 radical (unpaired) electrons. The molecule has 4 rings (SSSR count). The van der Waals surface area contributed by atoms with Gasteiger partial charge >= 0.3 is 11.9 Å². The van der Waals surface area contributed by atoms with Crippen LogP contribution in [0.2, 0.25) is 0 Å². The summed E-state index contributed by atoms with van der Waals surface area (Å²) in [5.41, 5.74) is 13.6. The van der Waals surface area contributed by atoms with Crippen LogP contribution in [0.5, 0.6) is 0 Å². The van der Waals surface area contributed by atoms with Crippen LogP contribution >= 0.6 is 21.6 Å². The number of rotatable bonds is 11. The molecule has 206 valence electrons. The molecule has 0 saturated carbocycles. The largest absolute Gasteiger partial charge is 0.462 e. The lowest BCUT2D eigenvalue weighted by Gasteiger charge is -2.09. The lowest BCUT2D eigenvalue weighted by molar-refractivity contribution is -0.137. The molecule has 2 heterocycles. The van der Waals surface area contributed by atoms with Gasteiger partial charge in [-0.05, 0) is 59.7 Å². The van der Waals surface area contributed by atoms with E-state index >= 15 is 0 Å². The first-order valence-corrected chi connectivity index (χ1v) is 14.0. The molecule has 4 N–H and O–H groups in total. The van der Waals surface area contributed by atoms with Crippen molar-refractivity contribution in [3.8, 4) is 22.9 Å². The molecule has 0 saturated heterocycles. The van der Waals surface area contributed by atoms with E-state index in [1.165, 1.54) is 0 Å². The van der Waals surface area contributed by atoms with E-state index in [4.69, 9.17) is 29.8 Å². The van der Waals surface area contributed by atoms with Gasteiger partial charge in [0.15, 0.2) is 11.1 Å². The van der Waals surface area contributed by atoms with Crippen LogP contribution < -0.4 is 11.5 Å². The number of carbonyl (C=O) groups is 2. The number of esters is 2. The molecule has 2 aromatic carbocycles. The molecule has 2 aromatic heterocycles. The number of nitrogens with zero attached hydrogens (tertiary/aromatic N) is 4. The summed E-state index contributed by atoms with van der Waals surface area (Å²) in [6, 6.07) is 18.0. The molecule has 40 heavy (non-hydrogen) atoms. The van der Waals surface area contributed by atoms with Crippen LogP contribution in [0, 0.1) is 0 Å². The van der Waals surface area contributed by atoms with Gasteiger partial charge in [-0.1, -0.05) is 36.4 Å². The second-order valence-electron chi connectivity index (χ2n) is 7.64. The van der Waals surface area contributed by atoms with Gasteiger partial charge in [-0.3, -0.25) is 0 Å². The lowest BCUT2D eigenvalue weighted by Crippen LogP contribution is -2.13. The summed E-state index contributed by atoms with van der Waals surface area (Å²) in [7, 11) is 1.75. The first-order chi connectivity index (χ1) is 19.4. The van der Waals surface area contributed by atoms with Gasteiger partial charge in [0.1, 0.15) is 0 Å². The summed E-state index contributed by atoms with van der Waals surface area (Å²) in [6.45, 7) is 3.47. The second kappa shape index (κ2) is 13.5. The zero-order valence-corrected chi connectivity index (χ0v) is 23.0. The van der Waals surface area contributed by atoms with Gasteiger partial charge < -0.3 is 29.8 Å².